The van der Waals surface area contributed by atoms with Gasteiger partial charge in [-0.1, -0.05) is 26.7 Å². The minimum atomic E-state index is -0.357. The van der Waals surface area contributed by atoms with Crippen LogP contribution in [0.3, 0.4) is 0 Å². The molecule has 178 valence electrons. The molecule has 0 saturated carbocycles. The van der Waals surface area contributed by atoms with E-state index in [4.69, 9.17) is 20.4 Å². The average molecular weight is 453 g/mol. The number of fused-ring (bicyclic) bond motifs is 1. The number of pyridine rings is 1. The summed E-state index contributed by atoms with van der Waals surface area (Å²) < 4.78 is 6.87. The van der Waals surface area contributed by atoms with Crippen LogP contribution in [0.2, 0.25) is 0 Å². The number of aryl methyl sites for hydroxylation is 1. The molecule has 0 bridgehead atoms. The summed E-state index contributed by atoms with van der Waals surface area (Å²) in [5.41, 5.74) is 8.85. The first-order chi connectivity index (χ1) is 16.1. The summed E-state index contributed by atoms with van der Waals surface area (Å²) >= 11 is 0. The number of ether oxygens (including phenoxy) is 1. The maximum Gasteiger partial charge on any atom is 0.337 e. The number of nitrogens with two attached hydrogens (primary N) is 1. The summed E-state index contributed by atoms with van der Waals surface area (Å²) in [4.78, 5) is 23.9. The number of aromatic nitrogens is 3. The van der Waals surface area contributed by atoms with Crippen LogP contribution in [0.15, 0.2) is 36.4 Å². The smallest absolute Gasteiger partial charge is 0.337 e. The Balaban J connectivity index is 1.93. The number of methoxy groups -OCH3 is 1. The Kier molecular flexibility index (Phi) is 9.06. The van der Waals surface area contributed by atoms with Crippen LogP contribution in [0.1, 0.15) is 56.3 Å². The second kappa shape index (κ2) is 12.2. The molecule has 0 fully saturated rings. The van der Waals surface area contributed by atoms with E-state index in [-0.39, 0.29) is 5.97 Å². The quantitative estimate of drug-likeness (QED) is 0.362. The molecule has 2 aromatic heterocycles. The molecule has 0 atom stereocenters. The molecule has 33 heavy (non-hydrogen) atoms. The maximum atomic E-state index is 11.7. The van der Waals surface area contributed by atoms with Crippen LogP contribution in [0.4, 0.5) is 17.5 Å². The van der Waals surface area contributed by atoms with Crippen molar-refractivity contribution in [3.63, 3.8) is 0 Å². The van der Waals surface area contributed by atoms with Crippen molar-refractivity contribution in [2.75, 3.05) is 37.0 Å². The molecular formula is C25H36N6O2. The number of carbonyl (C=O) groups is 1. The molecule has 0 saturated heterocycles. The molecule has 0 aliphatic heterocycles. The number of imidazole rings is 1. The van der Waals surface area contributed by atoms with Crippen molar-refractivity contribution >= 4 is 34.6 Å². The van der Waals surface area contributed by atoms with Crippen LogP contribution in [-0.4, -0.2) is 47.2 Å². The van der Waals surface area contributed by atoms with Crippen LogP contribution in [0.5, 0.6) is 0 Å². The van der Waals surface area contributed by atoms with Crippen molar-refractivity contribution in [2.24, 2.45) is 5.73 Å². The molecule has 0 radical (unpaired) electrons. The molecule has 2 heterocycles. The number of rotatable bonds is 13. The summed E-state index contributed by atoms with van der Waals surface area (Å²) in [6.45, 7) is 7.74. The van der Waals surface area contributed by atoms with Crippen LogP contribution in [0, 0.1) is 0 Å². The number of hydrogen-bond acceptors (Lipinski definition) is 7. The average Bonchev–Trinajstić information content (AvgIpc) is 3.18. The van der Waals surface area contributed by atoms with Gasteiger partial charge >= 0.3 is 5.97 Å². The lowest BCUT2D eigenvalue weighted by molar-refractivity contribution is 0.0601. The number of hydrogen-bond donors (Lipinski definition) is 2. The van der Waals surface area contributed by atoms with E-state index in [1.165, 1.54) is 7.11 Å². The number of unbranched alkanes of at least 4 members (excludes halogenated alkanes) is 2. The van der Waals surface area contributed by atoms with Gasteiger partial charge in [0.05, 0.1) is 12.7 Å². The first kappa shape index (κ1) is 24.5. The van der Waals surface area contributed by atoms with Crippen molar-refractivity contribution in [2.45, 2.75) is 52.5 Å². The molecule has 0 unspecified atom stereocenters. The molecule has 0 spiro atoms. The third-order valence-electron chi connectivity index (χ3n) is 5.61. The third kappa shape index (κ3) is 6.22. The molecule has 8 nitrogen and oxygen atoms in total. The van der Waals surface area contributed by atoms with Gasteiger partial charge in [0.25, 0.3) is 0 Å². The topological polar surface area (TPSA) is 98.3 Å². The number of anilines is 3. The van der Waals surface area contributed by atoms with Gasteiger partial charge < -0.3 is 20.7 Å². The first-order valence-electron chi connectivity index (χ1n) is 11.9. The van der Waals surface area contributed by atoms with Gasteiger partial charge in [-0.25, -0.2) is 14.8 Å². The molecule has 8 heteroatoms. The highest BCUT2D eigenvalue weighted by molar-refractivity contribution is 5.89. The molecular weight excluding hydrogens is 416 g/mol. The summed E-state index contributed by atoms with van der Waals surface area (Å²) in [6.07, 6.45) is 5.42. The van der Waals surface area contributed by atoms with E-state index < -0.39 is 0 Å². The second-order valence-electron chi connectivity index (χ2n) is 8.13. The molecule has 0 amide bonds. The number of nitrogens with one attached hydrogen (secondary N) is 1. The van der Waals surface area contributed by atoms with E-state index in [0.717, 1.165) is 74.4 Å². The van der Waals surface area contributed by atoms with Crippen molar-refractivity contribution < 1.29 is 9.53 Å². The van der Waals surface area contributed by atoms with Crippen molar-refractivity contribution in [3.05, 3.63) is 42.0 Å². The summed E-state index contributed by atoms with van der Waals surface area (Å²) in [7, 11) is 1.38. The number of benzene rings is 1. The molecule has 3 N–H and O–H groups in total. The zero-order valence-electron chi connectivity index (χ0n) is 20.0. The lowest BCUT2D eigenvalue weighted by Gasteiger charge is -2.23. The van der Waals surface area contributed by atoms with E-state index in [0.29, 0.717) is 18.1 Å². The standard InChI is InChI=1S/C25H36N6O2/c1-4-6-16-30(17-7-5-2)22-14-13-21-23(29-22)31(18-8-15-26)25(28-21)27-20-11-9-19(10-12-20)24(32)33-3/h9-14H,4-8,15-18,26H2,1-3H3,(H,27,28). The van der Waals surface area contributed by atoms with Gasteiger partial charge in [0, 0.05) is 25.3 Å². The van der Waals surface area contributed by atoms with Gasteiger partial charge in [0.15, 0.2) is 5.65 Å². The lowest BCUT2D eigenvalue weighted by Crippen LogP contribution is -2.26. The molecule has 1 aromatic carbocycles. The Morgan fingerprint density at radius 3 is 2.33 bits per heavy atom. The Morgan fingerprint density at radius 2 is 1.73 bits per heavy atom. The predicted molar refractivity (Wildman–Crippen MR) is 134 cm³/mol. The highest BCUT2D eigenvalue weighted by Crippen LogP contribution is 2.25. The number of nitrogens with zero attached hydrogens (tertiary/aromatic N) is 4. The molecule has 3 aromatic rings. The van der Waals surface area contributed by atoms with Crippen LogP contribution >= 0.6 is 0 Å². The summed E-state index contributed by atoms with van der Waals surface area (Å²) in [6, 6.07) is 11.3. The zero-order chi connectivity index (χ0) is 23.6. The Bertz CT molecular complexity index is 1020. The van der Waals surface area contributed by atoms with E-state index >= 15 is 0 Å². The van der Waals surface area contributed by atoms with E-state index in [9.17, 15) is 4.79 Å². The van der Waals surface area contributed by atoms with Crippen molar-refractivity contribution in [1.29, 1.82) is 0 Å². The van der Waals surface area contributed by atoms with Gasteiger partial charge in [-0.3, -0.25) is 4.57 Å². The van der Waals surface area contributed by atoms with E-state index in [1.54, 1.807) is 12.1 Å². The molecule has 0 aliphatic carbocycles. The van der Waals surface area contributed by atoms with Gasteiger partial charge in [0.2, 0.25) is 5.95 Å². The Morgan fingerprint density at radius 1 is 1.03 bits per heavy atom. The highest BCUT2D eigenvalue weighted by atomic mass is 16.5. The normalized spacial score (nSPS) is 11.0. The van der Waals surface area contributed by atoms with E-state index in [1.807, 2.05) is 18.2 Å². The second-order valence-corrected chi connectivity index (χ2v) is 8.13. The van der Waals surface area contributed by atoms with Crippen molar-refractivity contribution in [1.82, 2.24) is 14.5 Å². The Labute approximate surface area is 196 Å². The summed E-state index contributed by atoms with van der Waals surface area (Å²) in [5, 5.41) is 3.38. The van der Waals surface area contributed by atoms with Crippen molar-refractivity contribution in [3.8, 4) is 0 Å². The SMILES string of the molecule is CCCCN(CCCC)c1ccc2nc(Nc3ccc(C(=O)OC)cc3)n(CCCN)c2n1. The highest BCUT2D eigenvalue weighted by Gasteiger charge is 2.16. The van der Waals surface area contributed by atoms with Gasteiger partial charge in [-0.15, -0.1) is 0 Å². The minimum Gasteiger partial charge on any atom is -0.465 e. The molecule has 0 aliphatic rings. The van der Waals surface area contributed by atoms with Crippen LogP contribution in [0.25, 0.3) is 11.2 Å². The maximum absolute atomic E-state index is 11.7. The van der Waals surface area contributed by atoms with E-state index in [2.05, 4.69) is 34.7 Å². The minimum absolute atomic E-state index is 0.357. The monoisotopic (exact) mass is 452 g/mol. The predicted octanol–water partition coefficient (Wildman–Crippen LogP) is 4.72. The zero-order valence-corrected chi connectivity index (χ0v) is 20.0. The number of carbonyl (C=O) groups excluding carboxylic acids is 1. The third-order valence-corrected chi connectivity index (χ3v) is 5.61. The lowest BCUT2D eigenvalue weighted by atomic mass is 10.2. The fourth-order valence-corrected chi connectivity index (χ4v) is 3.70. The van der Waals surface area contributed by atoms with Gasteiger partial charge in [-0.05, 0) is 62.2 Å². The largest absolute Gasteiger partial charge is 0.465 e. The molecule has 3 rings (SSSR count). The fourth-order valence-electron chi connectivity index (χ4n) is 3.70. The summed E-state index contributed by atoms with van der Waals surface area (Å²) in [5.74, 6) is 1.35. The van der Waals surface area contributed by atoms with Gasteiger partial charge in [0.1, 0.15) is 11.3 Å². The first-order valence-corrected chi connectivity index (χ1v) is 11.9. The fraction of sp³-hybridized carbons (Fsp3) is 0.480. The number of esters is 1. The van der Waals surface area contributed by atoms with Crippen LogP contribution in [-0.2, 0) is 11.3 Å². The van der Waals surface area contributed by atoms with Crippen LogP contribution < -0.4 is 16.0 Å². The van der Waals surface area contributed by atoms with Gasteiger partial charge in [-0.2, -0.15) is 0 Å². The Hall–Kier alpha value is -3.13.